The lowest BCUT2D eigenvalue weighted by molar-refractivity contribution is -0.192. The molecule has 8 nitrogen and oxygen atoms in total. The number of alkyl halides is 3. The van der Waals surface area contributed by atoms with Gasteiger partial charge in [0, 0.05) is 11.6 Å². The van der Waals surface area contributed by atoms with Gasteiger partial charge in [0.25, 0.3) is 5.91 Å². The van der Waals surface area contributed by atoms with E-state index < -0.39 is 18.1 Å². The summed E-state index contributed by atoms with van der Waals surface area (Å²) in [5.74, 6) is -4.12. The number of thioether (sulfide) groups is 1. The Kier molecular flexibility index (Phi) is 8.23. The van der Waals surface area contributed by atoms with Crippen LogP contribution < -0.4 is 5.32 Å². The van der Waals surface area contributed by atoms with E-state index in [4.69, 9.17) is 33.1 Å². The van der Waals surface area contributed by atoms with E-state index in [1.165, 1.54) is 12.3 Å². The molecule has 0 spiro atoms. The molecule has 0 radical (unpaired) electrons. The summed E-state index contributed by atoms with van der Waals surface area (Å²) in [4.78, 5) is 41.6. The van der Waals surface area contributed by atoms with E-state index in [1.54, 1.807) is 42.5 Å². The maximum atomic E-state index is 12.3. The van der Waals surface area contributed by atoms with Crippen molar-refractivity contribution >= 4 is 80.6 Å². The minimum absolute atomic E-state index is 0.148. The second kappa shape index (κ2) is 11.0. The van der Waals surface area contributed by atoms with Gasteiger partial charge in [-0.05, 0) is 53.7 Å². The van der Waals surface area contributed by atoms with Gasteiger partial charge < -0.3 is 15.5 Å². The van der Waals surface area contributed by atoms with E-state index in [0.717, 1.165) is 11.8 Å². The van der Waals surface area contributed by atoms with Crippen molar-refractivity contribution in [1.82, 2.24) is 10.3 Å². The van der Waals surface area contributed by atoms with Crippen molar-refractivity contribution in [3.05, 3.63) is 74.7 Å². The van der Waals surface area contributed by atoms with E-state index in [1.807, 2.05) is 0 Å². The summed E-state index contributed by atoms with van der Waals surface area (Å²) in [5, 5.41) is 20.8. The minimum Gasteiger partial charge on any atom is -0.478 e. The Labute approximate surface area is 214 Å². The van der Waals surface area contributed by atoms with Crippen molar-refractivity contribution in [3.63, 3.8) is 0 Å². The number of nitrogens with one attached hydrogen (secondary N) is 1. The molecule has 2 heterocycles. The van der Waals surface area contributed by atoms with E-state index in [2.05, 4.69) is 15.3 Å². The van der Waals surface area contributed by atoms with Gasteiger partial charge in [-0.3, -0.25) is 9.78 Å². The molecule has 1 amide bonds. The first-order valence-corrected chi connectivity index (χ1v) is 11.1. The molecule has 14 heteroatoms. The second-order valence-electron chi connectivity index (χ2n) is 6.80. The zero-order valence-corrected chi connectivity index (χ0v) is 19.8. The quantitative estimate of drug-likeness (QED) is 0.349. The number of amidine groups is 1. The molecular formula is C22H12Cl2F3N3O5S. The van der Waals surface area contributed by atoms with Crippen molar-refractivity contribution in [2.75, 3.05) is 0 Å². The number of pyridine rings is 1. The highest BCUT2D eigenvalue weighted by molar-refractivity contribution is 8.18. The average Bonchev–Trinajstić information content (AvgIpc) is 3.14. The molecule has 1 saturated heterocycles. The number of para-hydroxylation sites is 1. The zero-order valence-electron chi connectivity index (χ0n) is 17.5. The number of carbonyl (C=O) groups excluding carboxylic acids is 1. The summed E-state index contributed by atoms with van der Waals surface area (Å²) in [5.41, 5.74) is 1.76. The normalized spacial score (nSPS) is 15.5. The monoisotopic (exact) mass is 557 g/mol. The largest absolute Gasteiger partial charge is 0.490 e. The highest BCUT2D eigenvalue weighted by atomic mass is 35.5. The smallest absolute Gasteiger partial charge is 0.478 e. The minimum atomic E-state index is -5.08. The van der Waals surface area contributed by atoms with Crippen LogP contribution in [0.2, 0.25) is 10.0 Å². The molecule has 4 rings (SSSR count). The van der Waals surface area contributed by atoms with Gasteiger partial charge in [0.15, 0.2) is 5.17 Å². The molecule has 0 saturated carbocycles. The Balaban J connectivity index is 0.000000454. The molecule has 3 aromatic rings. The van der Waals surface area contributed by atoms with Crippen LogP contribution in [0.25, 0.3) is 17.0 Å². The second-order valence-corrected chi connectivity index (χ2v) is 8.64. The van der Waals surface area contributed by atoms with Crippen molar-refractivity contribution < 1.29 is 37.8 Å². The van der Waals surface area contributed by atoms with Crippen molar-refractivity contribution in [2.45, 2.75) is 6.18 Å². The molecule has 1 aromatic heterocycles. The number of aromatic nitrogens is 1. The number of benzene rings is 2. The molecule has 1 aliphatic heterocycles. The van der Waals surface area contributed by atoms with Crippen LogP contribution >= 0.6 is 35.0 Å². The summed E-state index contributed by atoms with van der Waals surface area (Å²) < 4.78 is 31.7. The van der Waals surface area contributed by atoms with Crippen LogP contribution in [0.4, 0.5) is 18.9 Å². The molecule has 2 aromatic carbocycles. The SMILES string of the molecule is O=C(O)C(F)(F)F.O=C1NC(=Nc2c(Cl)cccc2Cl)S/C1=C\c1ccc2nccc(C(=O)O)c2c1. The van der Waals surface area contributed by atoms with Gasteiger partial charge in [0.05, 0.1) is 26.0 Å². The van der Waals surface area contributed by atoms with Gasteiger partial charge in [-0.15, -0.1) is 0 Å². The predicted molar refractivity (Wildman–Crippen MR) is 130 cm³/mol. The van der Waals surface area contributed by atoms with Crippen LogP contribution in [0.5, 0.6) is 0 Å². The van der Waals surface area contributed by atoms with Crippen LogP contribution in [0, 0.1) is 0 Å². The van der Waals surface area contributed by atoms with Gasteiger partial charge in [0.1, 0.15) is 5.69 Å². The number of carboxylic acids is 2. The molecule has 0 unspecified atom stereocenters. The number of halogens is 5. The molecule has 0 bridgehead atoms. The highest BCUT2D eigenvalue weighted by Crippen LogP contribution is 2.35. The van der Waals surface area contributed by atoms with Crippen LogP contribution in [0.3, 0.4) is 0 Å². The molecule has 1 aliphatic rings. The Morgan fingerprint density at radius 1 is 1.08 bits per heavy atom. The highest BCUT2D eigenvalue weighted by Gasteiger charge is 2.38. The number of hydrogen-bond acceptors (Lipinski definition) is 6. The summed E-state index contributed by atoms with van der Waals surface area (Å²) in [6, 6.07) is 11.6. The Hall–Kier alpha value is -3.61. The van der Waals surface area contributed by atoms with E-state index >= 15 is 0 Å². The van der Waals surface area contributed by atoms with Gasteiger partial charge >= 0.3 is 18.1 Å². The lowest BCUT2D eigenvalue weighted by Crippen LogP contribution is -2.21. The first-order chi connectivity index (χ1) is 16.9. The van der Waals surface area contributed by atoms with Gasteiger partial charge in [-0.25, -0.2) is 14.6 Å². The van der Waals surface area contributed by atoms with Crippen molar-refractivity contribution in [1.29, 1.82) is 0 Å². The fraction of sp³-hybridized carbons (Fsp3) is 0.0455. The van der Waals surface area contributed by atoms with Gasteiger partial charge in [-0.2, -0.15) is 13.2 Å². The first kappa shape index (κ1) is 27.0. The van der Waals surface area contributed by atoms with E-state index in [9.17, 15) is 27.9 Å². The van der Waals surface area contributed by atoms with E-state index in [-0.39, 0.29) is 11.5 Å². The number of aromatic carboxylic acids is 1. The molecule has 3 N–H and O–H groups in total. The number of fused-ring (bicyclic) bond motifs is 1. The zero-order chi connectivity index (χ0) is 26.6. The standard InChI is InChI=1S/C20H11Cl2N3O3S.C2HF3O2/c21-13-2-1-3-14(22)17(13)24-20-25-18(26)16(29-20)9-10-4-5-15-12(8-10)11(19(27)28)6-7-23-15;3-2(4,5)1(6)7/h1-9H,(H,27,28)(H,24,25,26);(H,6,7)/b16-9-;. The van der Waals surface area contributed by atoms with Gasteiger partial charge in [-0.1, -0.05) is 35.3 Å². The fourth-order valence-corrected chi connectivity index (χ4v) is 4.08. The number of aliphatic imine (C=N–C) groups is 1. The van der Waals surface area contributed by atoms with Gasteiger partial charge in [0.2, 0.25) is 0 Å². The molecule has 0 atom stereocenters. The summed E-state index contributed by atoms with van der Waals surface area (Å²) in [7, 11) is 0. The number of nitrogens with zero attached hydrogens (tertiary/aromatic N) is 2. The maximum Gasteiger partial charge on any atom is 0.490 e. The number of carboxylic acid groups (broad SMARTS) is 2. The third kappa shape index (κ3) is 6.53. The fourth-order valence-electron chi connectivity index (χ4n) is 2.77. The number of amides is 1. The Bertz CT molecular complexity index is 1420. The summed E-state index contributed by atoms with van der Waals surface area (Å²) in [6.07, 6.45) is -1.97. The molecule has 0 aliphatic carbocycles. The van der Waals surface area contributed by atoms with Crippen molar-refractivity contribution in [2.24, 2.45) is 4.99 Å². The first-order valence-electron chi connectivity index (χ1n) is 9.52. The molecule has 186 valence electrons. The van der Waals surface area contributed by atoms with Crippen LogP contribution in [-0.2, 0) is 9.59 Å². The van der Waals surface area contributed by atoms with E-state index in [0.29, 0.717) is 42.3 Å². The maximum absolute atomic E-state index is 12.3. The topological polar surface area (TPSA) is 129 Å². The van der Waals surface area contributed by atoms with Crippen LogP contribution in [0.15, 0.2) is 58.6 Å². The third-order valence-corrected chi connectivity index (χ3v) is 5.86. The lowest BCUT2D eigenvalue weighted by atomic mass is 10.1. The number of aliphatic carboxylic acids is 1. The number of hydrogen-bond donors (Lipinski definition) is 3. The number of carbonyl (C=O) groups is 3. The van der Waals surface area contributed by atoms with Crippen LogP contribution in [-0.4, -0.2) is 44.4 Å². The summed E-state index contributed by atoms with van der Waals surface area (Å²) in [6.45, 7) is 0. The Morgan fingerprint density at radius 2 is 1.72 bits per heavy atom. The Morgan fingerprint density at radius 3 is 2.31 bits per heavy atom. The third-order valence-electron chi connectivity index (χ3n) is 4.34. The van der Waals surface area contributed by atoms with Crippen molar-refractivity contribution in [3.8, 4) is 0 Å². The predicted octanol–water partition coefficient (Wildman–Crippen LogP) is 5.76. The molecular weight excluding hydrogens is 546 g/mol. The number of rotatable bonds is 3. The molecule has 1 fully saturated rings. The molecule has 36 heavy (non-hydrogen) atoms. The average molecular weight is 558 g/mol. The van der Waals surface area contributed by atoms with Crippen LogP contribution in [0.1, 0.15) is 15.9 Å². The lowest BCUT2D eigenvalue weighted by Gasteiger charge is -2.03. The summed E-state index contributed by atoms with van der Waals surface area (Å²) >= 11 is 13.4.